The molecular weight excluding hydrogens is 366 g/mol. The quantitative estimate of drug-likeness (QED) is 0.765. The molecule has 0 spiro atoms. The molecule has 27 heavy (non-hydrogen) atoms. The van der Waals surface area contributed by atoms with Gasteiger partial charge in [0.2, 0.25) is 15.9 Å². The number of carbonyl (C=O) groups excluding carboxylic acids is 2. The van der Waals surface area contributed by atoms with Crippen LogP contribution in [0.4, 0.5) is 5.69 Å². The van der Waals surface area contributed by atoms with Crippen LogP contribution in [-0.2, 0) is 14.8 Å². The molecule has 2 aliphatic heterocycles. The second kappa shape index (κ2) is 8.29. The molecule has 1 atom stereocenters. The SMILES string of the molecule is CC[C@H](CCNC(=O)c1cccc(N2CCCS2(=O)=O)c1)N1CCCC1=O. The van der Waals surface area contributed by atoms with E-state index in [1.165, 1.54) is 4.31 Å². The van der Waals surface area contributed by atoms with E-state index in [0.29, 0.717) is 43.6 Å². The fourth-order valence-corrected chi connectivity index (χ4v) is 5.38. The van der Waals surface area contributed by atoms with Crippen molar-refractivity contribution >= 4 is 27.5 Å². The van der Waals surface area contributed by atoms with Crippen molar-refractivity contribution in [1.82, 2.24) is 10.2 Å². The van der Waals surface area contributed by atoms with Crippen LogP contribution in [0.5, 0.6) is 0 Å². The van der Waals surface area contributed by atoms with E-state index < -0.39 is 10.0 Å². The molecule has 2 heterocycles. The van der Waals surface area contributed by atoms with Gasteiger partial charge in [-0.15, -0.1) is 0 Å². The van der Waals surface area contributed by atoms with Crippen molar-refractivity contribution in [3.8, 4) is 0 Å². The van der Waals surface area contributed by atoms with Crippen molar-refractivity contribution in [2.24, 2.45) is 0 Å². The molecule has 2 amide bonds. The predicted octanol–water partition coefficient (Wildman–Crippen LogP) is 1.75. The summed E-state index contributed by atoms with van der Waals surface area (Å²) in [6, 6.07) is 6.88. The highest BCUT2D eigenvalue weighted by Gasteiger charge is 2.29. The number of amides is 2. The van der Waals surface area contributed by atoms with Gasteiger partial charge in [0.1, 0.15) is 0 Å². The minimum absolute atomic E-state index is 0.150. The first-order valence-electron chi connectivity index (χ1n) is 9.60. The highest BCUT2D eigenvalue weighted by molar-refractivity contribution is 7.93. The van der Waals surface area contributed by atoms with Crippen molar-refractivity contribution in [3.05, 3.63) is 29.8 Å². The molecule has 1 N–H and O–H groups in total. The Morgan fingerprint density at radius 1 is 1.26 bits per heavy atom. The zero-order chi connectivity index (χ0) is 19.4. The summed E-state index contributed by atoms with van der Waals surface area (Å²) in [6.45, 7) is 3.79. The highest BCUT2D eigenvalue weighted by atomic mass is 32.2. The Hall–Kier alpha value is -2.09. The van der Waals surface area contributed by atoms with Gasteiger partial charge in [0.25, 0.3) is 5.91 Å². The van der Waals surface area contributed by atoms with Gasteiger partial charge in [0.05, 0.1) is 11.4 Å². The fourth-order valence-electron chi connectivity index (χ4n) is 3.82. The molecular formula is C19H27N3O4S. The van der Waals surface area contributed by atoms with Crippen LogP contribution in [0.2, 0.25) is 0 Å². The van der Waals surface area contributed by atoms with E-state index in [1.807, 2.05) is 4.90 Å². The molecule has 148 valence electrons. The zero-order valence-corrected chi connectivity index (χ0v) is 16.5. The summed E-state index contributed by atoms with van der Waals surface area (Å²) in [5, 5.41) is 2.90. The third-order valence-corrected chi connectivity index (χ3v) is 7.15. The molecule has 1 aromatic rings. The van der Waals surface area contributed by atoms with Gasteiger partial charge in [-0.1, -0.05) is 13.0 Å². The van der Waals surface area contributed by atoms with Crippen LogP contribution >= 0.6 is 0 Å². The van der Waals surface area contributed by atoms with E-state index >= 15 is 0 Å². The van der Waals surface area contributed by atoms with E-state index in [-0.39, 0.29) is 23.6 Å². The zero-order valence-electron chi connectivity index (χ0n) is 15.7. The van der Waals surface area contributed by atoms with Crippen LogP contribution in [0.25, 0.3) is 0 Å². The number of benzene rings is 1. The number of likely N-dealkylation sites (tertiary alicyclic amines) is 1. The highest BCUT2D eigenvalue weighted by Crippen LogP contribution is 2.24. The number of anilines is 1. The van der Waals surface area contributed by atoms with Crippen molar-refractivity contribution in [1.29, 1.82) is 0 Å². The minimum Gasteiger partial charge on any atom is -0.352 e. The second-order valence-electron chi connectivity index (χ2n) is 7.09. The van der Waals surface area contributed by atoms with Gasteiger partial charge in [-0.05, 0) is 43.9 Å². The summed E-state index contributed by atoms with van der Waals surface area (Å²) in [5.74, 6) is 0.126. The second-order valence-corrected chi connectivity index (χ2v) is 9.10. The standard InChI is InChI=1S/C19H27N3O4S/c1-2-16(21-11-4-8-18(21)23)9-10-20-19(24)15-6-3-7-17(14-15)22-12-5-13-27(22,25)26/h3,6-7,14,16H,2,4-5,8-13H2,1H3,(H,20,24)/t16-/m1/s1. The number of hydrogen-bond donors (Lipinski definition) is 1. The van der Waals surface area contributed by atoms with E-state index in [2.05, 4.69) is 12.2 Å². The number of carbonyl (C=O) groups is 2. The first-order chi connectivity index (χ1) is 12.9. The van der Waals surface area contributed by atoms with E-state index in [1.54, 1.807) is 24.3 Å². The minimum atomic E-state index is -3.26. The summed E-state index contributed by atoms with van der Waals surface area (Å²) in [6.07, 6.45) is 3.72. The smallest absolute Gasteiger partial charge is 0.251 e. The van der Waals surface area contributed by atoms with Crippen LogP contribution in [0, 0.1) is 0 Å². The van der Waals surface area contributed by atoms with Gasteiger partial charge in [-0.25, -0.2) is 8.42 Å². The van der Waals surface area contributed by atoms with Gasteiger partial charge >= 0.3 is 0 Å². The molecule has 2 fully saturated rings. The molecule has 3 rings (SSSR count). The summed E-state index contributed by atoms with van der Waals surface area (Å²) in [5.41, 5.74) is 0.981. The van der Waals surface area contributed by atoms with Crippen molar-refractivity contribution in [3.63, 3.8) is 0 Å². The third-order valence-electron chi connectivity index (χ3n) is 5.28. The van der Waals surface area contributed by atoms with E-state index in [0.717, 1.165) is 19.4 Å². The maximum atomic E-state index is 12.5. The first kappa shape index (κ1) is 19.7. The van der Waals surface area contributed by atoms with Gasteiger partial charge in [0, 0.05) is 37.7 Å². The average Bonchev–Trinajstić information content (AvgIpc) is 3.23. The maximum Gasteiger partial charge on any atom is 0.251 e. The lowest BCUT2D eigenvalue weighted by Crippen LogP contribution is -2.38. The Morgan fingerprint density at radius 2 is 2.07 bits per heavy atom. The first-order valence-corrected chi connectivity index (χ1v) is 11.2. The van der Waals surface area contributed by atoms with Crippen LogP contribution in [0.15, 0.2) is 24.3 Å². The molecule has 0 aliphatic carbocycles. The molecule has 2 aliphatic rings. The van der Waals surface area contributed by atoms with Crippen LogP contribution < -0.4 is 9.62 Å². The summed E-state index contributed by atoms with van der Waals surface area (Å²) in [4.78, 5) is 26.3. The molecule has 2 saturated heterocycles. The maximum absolute atomic E-state index is 12.5. The summed E-state index contributed by atoms with van der Waals surface area (Å²) < 4.78 is 25.5. The van der Waals surface area contributed by atoms with E-state index in [4.69, 9.17) is 0 Å². The predicted molar refractivity (Wildman–Crippen MR) is 104 cm³/mol. The van der Waals surface area contributed by atoms with Crippen molar-refractivity contribution in [2.45, 2.75) is 45.1 Å². The molecule has 0 saturated carbocycles. The summed E-state index contributed by atoms with van der Waals surface area (Å²) >= 11 is 0. The molecule has 8 heteroatoms. The molecule has 0 aromatic heterocycles. The molecule has 7 nitrogen and oxygen atoms in total. The van der Waals surface area contributed by atoms with Crippen LogP contribution in [0.1, 0.15) is 49.4 Å². The summed E-state index contributed by atoms with van der Waals surface area (Å²) in [7, 11) is -3.26. The number of sulfonamides is 1. The van der Waals surface area contributed by atoms with Gasteiger partial charge in [0.15, 0.2) is 0 Å². The lowest BCUT2D eigenvalue weighted by atomic mass is 10.1. The largest absolute Gasteiger partial charge is 0.352 e. The normalized spacial score (nSPS) is 20.1. The Morgan fingerprint density at radius 3 is 2.70 bits per heavy atom. The Balaban J connectivity index is 1.58. The number of hydrogen-bond acceptors (Lipinski definition) is 4. The molecule has 0 unspecified atom stereocenters. The number of nitrogens with one attached hydrogen (secondary N) is 1. The Bertz CT molecular complexity index is 809. The monoisotopic (exact) mass is 393 g/mol. The van der Waals surface area contributed by atoms with Gasteiger partial charge < -0.3 is 10.2 Å². The third kappa shape index (κ3) is 4.43. The Labute approximate surface area is 160 Å². The lowest BCUT2D eigenvalue weighted by molar-refractivity contribution is -0.129. The molecule has 0 radical (unpaired) electrons. The number of nitrogens with zero attached hydrogens (tertiary/aromatic N) is 2. The topological polar surface area (TPSA) is 86.8 Å². The average molecular weight is 394 g/mol. The molecule has 0 bridgehead atoms. The van der Waals surface area contributed by atoms with Gasteiger partial charge in [-0.2, -0.15) is 0 Å². The van der Waals surface area contributed by atoms with Crippen molar-refractivity contribution in [2.75, 3.05) is 29.7 Å². The Kier molecular flexibility index (Phi) is 6.04. The van der Waals surface area contributed by atoms with Crippen LogP contribution in [0.3, 0.4) is 0 Å². The molecule has 1 aromatic carbocycles. The fraction of sp³-hybridized carbons (Fsp3) is 0.579. The van der Waals surface area contributed by atoms with E-state index in [9.17, 15) is 18.0 Å². The van der Waals surface area contributed by atoms with Crippen molar-refractivity contribution < 1.29 is 18.0 Å². The van der Waals surface area contributed by atoms with Gasteiger partial charge in [-0.3, -0.25) is 13.9 Å². The van der Waals surface area contributed by atoms with Crippen LogP contribution in [-0.4, -0.2) is 56.6 Å². The number of rotatable bonds is 7. The lowest BCUT2D eigenvalue weighted by Gasteiger charge is -2.27.